The first-order valence-corrected chi connectivity index (χ1v) is 19.0. The third kappa shape index (κ3) is 6.92. The number of Topliss-reactive ketones (excluding diaryl/α,β-unsaturated/α-hetero) is 1. The van der Waals surface area contributed by atoms with Gasteiger partial charge in [-0.2, -0.15) is 5.10 Å². The van der Waals surface area contributed by atoms with Crippen molar-refractivity contribution in [2.45, 2.75) is 97.3 Å². The second kappa shape index (κ2) is 14.0. The van der Waals surface area contributed by atoms with Gasteiger partial charge in [-0.15, -0.1) is 5.10 Å². The zero-order valence-corrected chi connectivity index (χ0v) is 31.6. The maximum atomic E-state index is 14.7. The van der Waals surface area contributed by atoms with Crippen LogP contribution in [0.1, 0.15) is 85.0 Å². The Bertz CT molecular complexity index is 2280. The van der Waals surface area contributed by atoms with Crippen LogP contribution in [-0.4, -0.2) is 74.3 Å². The molecule has 0 unspecified atom stereocenters. The molecule has 4 bridgehead atoms. The van der Waals surface area contributed by atoms with Gasteiger partial charge in [-0.25, -0.2) is 15.0 Å². The summed E-state index contributed by atoms with van der Waals surface area (Å²) in [5.41, 5.74) is 5.09. The van der Waals surface area contributed by atoms with Crippen LogP contribution < -0.4 is 5.32 Å². The second-order valence-electron chi connectivity index (χ2n) is 14.7. The average Bonchev–Trinajstić information content (AvgIpc) is 3.39. The summed E-state index contributed by atoms with van der Waals surface area (Å²) in [5.74, 6) is 0.409. The molecule has 2 aliphatic heterocycles. The highest BCUT2D eigenvalue weighted by atomic mass is 79.9. The smallest absolute Gasteiger partial charge is 0.248 e. The molecule has 5 aromatic rings. The molecular formula is C39H41BrN10O3. The summed E-state index contributed by atoms with van der Waals surface area (Å²) < 4.78 is 4.12. The predicted octanol–water partition coefficient (Wildman–Crippen LogP) is 6.28. The minimum atomic E-state index is -0.736. The number of aromatic nitrogens is 8. The van der Waals surface area contributed by atoms with Crippen molar-refractivity contribution in [3.8, 4) is 11.1 Å². The Hall–Kier alpha value is -5.11. The Kier molecular flexibility index (Phi) is 9.25. The SMILES string of the molecule is CC(=O)c1nn2c3c(cc(-c4cnc(C)nc4)cc13)CCCCCC/C=C/c1cn(nn1)C[C@@]13C[C@@H](C(=O)Nc4nc(Br)ccc4C)N(C(=O)C2)[C@@H]1C3. The van der Waals surface area contributed by atoms with E-state index in [9.17, 15) is 14.4 Å². The number of benzene rings is 1. The molecule has 1 aliphatic carbocycles. The number of hydrogen-bond acceptors (Lipinski definition) is 9. The van der Waals surface area contributed by atoms with Crippen LogP contribution in [0.5, 0.6) is 0 Å². The Labute approximate surface area is 315 Å². The van der Waals surface area contributed by atoms with Crippen molar-refractivity contribution in [1.82, 2.24) is 44.6 Å². The lowest BCUT2D eigenvalue weighted by molar-refractivity contribution is -0.138. The zero-order valence-electron chi connectivity index (χ0n) is 30.0. The molecule has 0 radical (unpaired) electrons. The van der Waals surface area contributed by atoms with Gasteiger partial charge in [0.05, 0.1) is 18.3 Å². The molecule has 1 saturated carbocycles. The number of piperidine rings is 1. The summed E-state index contributed by atoms with van der Waals surface area (Å²) in [4.78, 5) is 57.0. The van der Waals surface area contributed by atoms with E-state index in [1.165, 1.54) is 6.92 Å². The largest absolute Gasteiger partial charge is 0.325 e. The number of fused-ring (bicyclic) bond motifs is 2. The lowest BCUT2D eigenvalue weighted by Crippen LogP contribution is -2.47. The molecule has 14 heteroatoms. The molecule has 53 heavy (non-hydrogen) atoms. The second-order valence-corrected chi connectivity index (χ2v) is 15.5. The maximum Gasteiger partial charge on any atom is 0.248 e. The first-order valence-electron chi connectivity index (χ1n) is 18.2. The summed E-state index contributed by atoms with van der Waals surface area (Å²) in [6, 6.07) is 6.87. The first-order chi connectivity index (χ1) is 25.6. The van der Waals surface area contributed by atoms with Gasteiger partial charge < -0.3 is 10.2 Å². The van der Waals surface area contributed by atoms with Crippen molar-refractivity contribution in [3.05, 3.63) is 81.9 Å². The Morgan fingerprint density at radius 1 is 1.02 bits per heavy atom. The van der Waals surface area contributed by atoms with Crippen molar-refractivity contribution in [3.63, 3.8) is 0 Å². The van der Waals surface area contributed by atoms with Crippen molar-refractivity contribution < 1.29 is 14.4 Å². The number of pyridine rings is 1. The van der Waals surface area contributed by atoms with Crippen molar-refractivity contribution in [2.75, 3.05) is 5.32 Å². The van der Waals surface area contributed by atoms with Crippen molar-refractivity contribution in [1.29, 1.82) is 0 Å². The van der Waals surface area contributed by atoms with Crippen LogP contribution in [0.2, 0.25) is 0 Å². The number of hydrogen-bond donors (Lipinski definition) is 1. The van der Waals surface area contributed by atoms with Crippen LogP contribution in [0.15, 0.2) is 53.5 Å². The molecule has 6 heterocycles. The maximum absolute atomic E-state index is 14.7. The molecule has 1 saturated heterocycles. The monoisotopic (exact) mass is 776 g/mol. The number of anilines is 1. The Balaban J connectivity index is 1.20. The molecule has 1 N–H and O–H groups in total. The number of rotatable bonds is 4. The Morgan fingerprint density at radius 3 is 2.64 bits per heavy atom. The summed E-state index contributed by atoms with van der Waals surface area (Å²) in [7, 11) is 0. The van der Waals surface area contributed by atoms with Crippen LogP contribution in [0.3, 0.4) is 0 Å². The number of carbonyl (C=O) groups excluding carboxylic acids is 3. The van der Waals surface area contributed by atoms with E-state index in [0.29, 0.717) is 40.3 Å². The first kappa shape index (κ1) is 34.9. The minimum absolute atomic E-state index is 0.118. The minimum Gasteiger partial charge on any atom is -0.325 e. The fourth-order valence-electron chi connectivity index (χ4n) is 8.08. The fraction of sp³-hybridized carbons (Fsp3) is 0.410. The van der Waals surface area contributed by atoms with Gasteiger partial charge in [-0.05, 0) is 109 Å². The van der Waals surface area contributed by atoms with Gasteiger partial charge in [0, 0.05) is 41.7 Å². The van der Waals surface area contributed by atoms with Crippen LogP contribution in [0.25, 0.3) is 28.1 Å². The number of nitrogens with one attached hydrogen (secondary N) is 1. The predicted molar refractivity (Wildman–Crippen MR) is 203 cm³/mol. The molecule has 2 fully saturated rings. The van der Waals surface area contributed by atoms with E-state index in [0.717, 1.165) is 78.4 Å². The number of nitrogens with zero attached hydrogens (tertiary/aromatic N) is 9. The normalized spacial score (nSPS) is 22.3. The van der Waals surface area contributed by atoms with Gasteiger partial charge in [0.25, 0.3) is 0 Å². The van der Waals surface area contributed by atoms with E-state index < -0.39 is 6.04 Å². The number of carbonyl (C=O) groups is 3. The summed E-state index contributed by atoms with van der Waals surface area (Å²) >= 11 is 3.41. The summed E-state index contributed by atoms with van der Waals surface area (Å²) in [6.45, 7) is 5.65. The van der Waals surface area contributed by atoms with Gasteiger partial charge in [0.2, 0.25) is 11.8 Å². The molecule has 272 valence electrons. The van der Waals surface area contributed by atoms with E-state index in [2.05, 4.69) is 58.7 Å². The third-order valence-electron chi connectivity index (χ3n) is 10.9. The van der Waals surface area contributed by atoms with Crippen LogP contribution in [0.4, 0.5) is 5.82 Å². The van der Waals surface area contributed by atoms with Crippen molar-refractivity contribution in [2.24, 2.45) is 5.41 Å². The molecule has 4 aromatic heterocycles. The van der Waals surface area contributed by atoms with Gasteiger partial charge in [-0.1, -0.05) is 30.2 Å². The number of ketones is 1. The number of aryl methyl sites for hydroxylation is 3. The molecule has 3 aliphatic rings. The highest BCUT2D eigenvalue weighted by Gasteiger charge is 2.67. The van der Waals surface area contributed by atoms with Crippen LogP contribution in [0, 0.1) is 19.3 Å². The standard InChI is InChI=1S/C39H41BrN10O3/c1-23-12-13-33(40)43-37(23)44-38(53)31-16-39-17-32(39)50(31)34(52)21-49-36-26(10-8-6-4-5-7-9-11-29-20-48(22-39)47-45-29)14-27(28-18-41-25(3)42-19-28)15-30(36)35(46-49)24(2)51/h9,11-15,18-20,31-32H,4-8,10,16-17,21-22H2,1-3H3,(H,43,44,53)/b11-9+/t31-,32+,39-/m0/s1. The zero-order chi connectivity index (χ0) is 36.9. The lowest BCUT2D eigenvalue weighted by Gasteiger charge is -2.27. The van der Waals surface area contributed by atoms with E-state index in [1.807, 2.05) is 49.0 Å². The Morgan fingerprint density at radius 2 is 1.83 bits per heavy atom. The third-order valence-corrected chi connectivity index (χ3v) is 11.3. The van der Waals surface area contributed by atoms with Gasteiger partial charge in [0.1, 0.15) is 40.2 Å². The van der Waals surface area contributed by atoms with E-state index in [4.69, 9.17) is 5.10 Å². The van der Waals surface area contributed by atoms with Crippen molar-refractivity contribution >= 4 is 56.3 Å². The number of amides is 2. The van der Waals surface area contributed by atoms with Gasteiger partial charge >= 0.3 is 0 Å². The average molecular weight is 778 g/mol. The molecule has 1 aromatic carbocycles. The highest BCUT2D eigenvalue weighted by Crippen LogP contribution is 2.60. The lowest BCUT2D eigenvalue weighted by atomic mass is 9.96. The molecule has 13 nitrogen and oxygen atoms in total. The number of allylic oxidation sites excluding steroid dienone is 1. The van der Waals surface area contributed by atoms with Gasteiger partial charge in [0.15, 0.2) is 5.78 Å². The summed E-state index contributed by atoms with van der Waals surface area (Å²) in [5, 5.41) is 17.3. The van der Waals surface area contributed by atoms with E-state index in [-0.39, 0.29) is 35.6 Å². The molecule has 2 amide bonds. The molecule has 3 atom stereocenters. The molecule has 0 spiro atoms. The van der Waals surface area contributed by atoms with Crippen LogP contribution in [-0.2, 0) is 29.1 Å². The topological polar surface area (TPSA) is 154 Å². The van der Waals surface area contributed by atoms with Crippen LogP contribution >= 0.6 is 15.9 Å². The molecule has 8 rings (SSSR count). The number of halogens is 1. The fourth-order valence-corrected chi connectivity index (χ4v) is 8.39. The van der Waals surface area contributed by atoms with E-state index in [1.54, 1.807) is 22.0 Å². The van der Waals surface area contributed by atoms with Gasteiger partial charge in [-0.3, -0.25) is 23.7 Å². The quantitative estimate of drug-likeness (QED) is 0.164. The highest BCUT2D eigenvalue weighted by molar-refractivity contribution is 9.10. The molecular weight excluding hydrogens is 736 g/mol. The summed E-state index contributed by atoms with van der Waals surface area (Å²) in [6.07, 6.45) is 16.7. The van der Waals surface area contributed by atoms with E-state index >= 15 is 0 Å².